The number of hydrogen-bond acceptors (Lipinski definition) is 4. The van der Waals surface area contributed by atoms with Gasteiger partial charge in [0.05, 0.1) is 20.3 Å². The van der Waals surface area contributed by atoms with Gasteiger partial charge in [-0.25, -0.2) is 0 Å². The van der Waals surface area contributed by atoms with Gasteiger partial charge in [-0.1, -0.05) is 39.0 Å². The topological polar surface area (TPSA) is 48.0 Å². The van der Waals surface area contributed by atoms with Gasteiger partial charge in [0.2, 0.25) is 0 Å². The van der Waals surface area contributed by atoms with Gasteiger partial charge in [-0.05, 0) is 53.6 Å². The van der Waals surface area contributed by atoms with Crippen LogP contribution in [0, 0.1) is 0 Å². The van der Waals surface area contributed by atoms with Crippen LogP contribution < -0.4 is 14.2 Å². The van der Waals surface area contributed by atoms with E-state index in [1.807, 2.05) is 35.2 Å². The highest BCUT2D eigenvalue weighted by atomic mass is 16.5. The molecule has 1 amide bonds. The Morgan fingerprint density at radius 3 is 2.34 bits per heavy atom. The fourth-order valence-corrected chi connectivity index (χ4v) is 3.75. The molecule has 0 aromatic heterocycles. The Hall–Kier alpha value is -2.69. The van der Waals surface area contributed by atoms with Crippen molar-refractivity contribution in [3.63, 3.8) is 0 Å². The molecule has 3 rings (SSSR count). The van der Waals surface area contributed by atoms with Crippen molar-refractivity contribution < 1.29 is 19.0 Å². The lowest BCUT2D eigenvalue weighted by molar-refractivity contribution is -0.134. The molecule has 1 fully saturated rings. The molecule has 1 heterocycles. The third kappa shape index (κ3) is 4.84. The van der Waals surface area contributed by atoms with Crippen molar-refractivity contribution >= 4 is 5.91 Å². The van der Waals surface area contributed by atoms with E-state index in [1.54, 1.807) is 14.2 Å². The summed E-state index contributed by atoms with van der Waals surface area (Å²) in [6.07, 6.45) is 1.91. The van der Waals surface area contributed by atoms with Crippen LogP contribution in [0.4, 0.5) is 0 Å². The number of carbonyl (C=O) groups is 1. The lowest BCUT2D eigenvalue weighted by Gasteiger charge is -2.26. The van der Waals surface area contributed by atoms with Gasteiger partial charge in [0.25, 0.3) is 5.91 Å². The zero-order valence-corrected chi connectivity index (χ0v) is 18.0. The Morgan fingerprint density at radius 1 is 1.03 bits per heavy atom. The van der Waals surface area contributed by atoms with E-state index in [4.69, 9.17) is 14.2 Å². The molecule has 0 radical (unpaired) electrons. The zero-order chi connectivity index (χ0) is 21.0. The molecule has 1 aliphatic heterocycles. The van der Waals surface area contributed by atoms with Gasteiger partial charge >= 0.3 is 0 Å². The van der Waals surface area contributed by atoms with Crippen LogP contribution in [0.25, 0.3) is 0 Å². The third-order valence-electron chi connectivity index (χ3n) is 5.45. The van der Waals surface area contributed by atoms with Crippen molar-refractivity contribution in [1.29, 1.82) is 0 Å². The molecule has 1 atom stereocenters. The molecule has 0 saturated carbocycles. The molecule has 2 aromatic rings. The van der Waals surface area contributed by atoms with Crippen molar-refractivity contribution in [2.45, 2.75) is 45.1 Å². The summed E-state index contributed by atoms with van der Waals surface area (Å²) in [5.74, 6) is 2.09. The number of hydrogen-bond donors (Lipinski definition) is 0. The Labute approximate surface area is 173 Å². The number of amides is 1. The predicted molar refractivity (Wildman–Crippen MR) is 114 cm³/mol. The highest BCUT2D eigenvalue weighted by Gasteiger charge is 2.30. The first-order valence-electron chi connectivity index (χ1n) is 10.1. The SMILES string of the molecule is COc1ccc(C2CCCN2C(=O)COc2ccc(C(C)(C)C)cc2)cc1OC. The highest BCUT2D eigenvalue weighted by molar-refractivity contribution is 5.78. The van der Waals surface area contributed by atoms with Crippen molar-refractivity contribution in [1.82, 2.24) is 4.90 Å². The van der Waals surface area contributed by atoms with E-state index in [0.29, 0.717) is 17.2 Å². The van der Waals surface area contributed by atoms with E-state index >= 15 is 0 Å². The molecule has 156 valence electrons. The van der Waals surface area contributed by atoms with E-state index in [0.717, 1.165) is 24.9 Å². The van der Waals surface area contributed by atoms with Gasteiger partial charge < -0.3 is 19.1 Å². The van der Waals surface area contributed by atoms with E-state index in [9.17, 15) is 4.79 Å². The van der Waals surface area contributed by atoms with Crippen molar-refractivity contribution in [3.05, 3.63) is 53.6 Å². The van der Waals surface area contributed by atoms with Gasteiger partial charge in [-0.2, -0.15) is 0 Å². The van der Waals surface area contributed by atoms with Crippen LogP contribution in [0.15, 0.2) is 42.5 Å². The number of likely N-dealkylation sites (tertiary alicyclic amines) is 1. The molecule has 29 heavy (non-hydrogen) atoms. The molecule has 1 unspecified atom stereocenters. The molecule has 5 heteroatoms. The van der Waals surface area contributed by atoms with Crippen LogP contribution in [0.3, 0.4) is 0 Å². The van der Waals surface area contributed by atoms with Crippen LogP contribution in [-0.4, -0.2) is 38.2 Å². The molecule has 0 aliphatic carbocycles. The highest BCUT2D eigenvalue weighted by Crippen LogP contribution is 2.37. The summed E-state index contributed by atoms with van der Waals surface area (Å²) in [5, 5.41) is 0. The van der Waals surface area contributed by atoms with Crippen LogP contribution in [0.5, 0.6) is 17.2 Å². The number of nitrogens with zero attached hydrogens (tertiary/aromatic N) is 1. The maximum Gasteiger partial charge on any atom is 0.261 e. The minimum absolute atomic E-state index is 0.00202. The van der Waals surface area contributed by atoms with Gasteiger partial charge in [-0.3, -0.25) is 4.79 Å². The number of methoxy groups -OCH3 is 2. The number of carbonyl (C=O) groups excluding carboxylic acids is 1. The average Bonchev–Trinajstić information content (AvgIpc) is 3.21. The summed E-state index contributed by atoms with van der Waals surface area (Å²) < 4.78 is 16.5. The first kappa shape index (κ1) is 21.0. The second-order valence-corrected chi connectivity index (χ2v) is 8.42. The Kier molecular flexibility index (Phi) is 6.36. The van der Waals surface area contributed by atoms with E-state index in [1.165, 1.54) is 5.56 Å². The molecule has 2 aromatic carbocycles. The molecular weight excluding hydrogens is 366 g/mol. The number of rotatable bonds is 6. The number of benzene rings is 2. The van der Waals surface area contributed by atoms with Crippen molar-refractivity contribution in [2.75, 3.05) is 27.4 Å². The maximum atomic E-state index is 12.9. The molecule has 0 spiro atoms. The summed E-state index contributed by atoms with van der Waals surface area (Å²) >= 11 is 0. The fourth-order valence-electron chi connectivity index (χ4n) is 3.75. The smallest absolute Gasteiger partial charge is 0.261 e. The van der Waals surface area contributed by atoms with Crippen LogP contribution in [0.1, 0.15) is 50.8 Å². The monoisotopic (exact) mass is 397 g/mol. The second-order valence-electron chi connectivity index (χ2n) is 8.42. The zero-order valence-electron chi connectivity index (χ0n) is 18.0. The van der Waals surface area contributed by atoms with Crippen molar-refractivity contribution in [2.24, 2.45) is 0 Å². The molecule has 0 N–H and O–H groups in total. The lowest BCUT2D eigenvalue weighted by atomic mass is 9.87. The normalized spacial score (nSPS) is 16.6. The lowest BCUT2D eigenvalue weighted by Crippen LogP contribution is -2.34. The van der Waals surface area contributed by atoms with Crippen LogP contribution in [-0.2, 0) is 10.2 Å². The summed E-state index contributed by atoms with van der Waals surface area (Å²) in [6.45, 7) is 7.30. The molecule has 5 nitrogen and oxygen atoms in total. The van der Waals surface area contributed by atoms with E-state index < -0.39 is 0 Å². The van der Waals surface area contributed by atoms with E-state index in [2.05, 4.69) is 32.9 Å². The molecule has 0 bridgehead atoms. The standard InChI is InChI=1S/C24H31NO4/c1-24(2,3)18-9-11-19(12-10-18)29-16-23(26)25-14-6-7-20(25)17-8-13-21(27-4)22(15-17)28-5/h8-13,15,20H,6-7,14,16H2,1-5H3. The Balaban J connectivity index is 1.66. The summed E-state index contributed by atoms with van der Waals surface area (Å²) in [6, 6.07) is 13.9. The molecular formula is C24H31NO4. The molecule has 1 saturated heterocycles. The largest absolute Gasteiger partial charge is 0.493 e. The summed E-state index contributed by atoms with van der Waals surface area (Å²) in [5.41, 5.74) is 2.39. The molecule has 1 aliphatic rings. The Bertz CT molecular complexity index is 839. The van der Waals surface area contributed by atoms with Crippen LogP contribution in [0.2, 0.25) is 0 Å². The maximum absolute atomic E-state index is 12.9. The predicted octanol–water partition coefficient (Wildman–Crippen LogP) is 4.74. The van der Waals surface area contributed by atoms with Gasteiger partial charge in [0.1, 0.15) is 5.75 Å². The average molecular weight is 398 g/mol. The van der Waals surface area contributed by atoms with E-state index in [-0.39, 0.29) is 24.0 Å². The first-order valence-corrected chi connectivity index (χ1v) is 10.1. The summed E-state index contributed by atoms with van der Waals surface area (Å²) in [7, 11) is 3.24. The first-order chi connectivity index (χ1) is 13.8. The summed E-state index contributed by atoms with van der Waals surface area (Å²) in [4.78, 5) is 14.8. The minimum Gasteiger partial charge on any atom is -0.493 e. The number of ether oxygens (including phenoxy) is 3. The quantitative estimate of drug-likeness (QED) is 0.706. The van der Waals surface area contributed by atoms with Crippen molar-refractivity contribution in [3.8, 4) is 17.2 Å². The fraction of sp³-hybridized carbons (Fsp3) is 0.458. The third-order valence-corrected chi connectivity index (χ3v) is 5.45. The van der Waals surface area contributed by atoms with Gasteiger partial charge in [0, 0.05) is 6.54 Å². The second kappa shape index (κ2) is 8.76. The van der Waals surface area contributed by atoms with Gasteiger partial charge in [-0.15, -0.1) is 0 Å². The minimum atomic E-state index is 0.00202. The van der Waals surface area contributed by atoms with Crippen LogP contribution >= 0.6 is 0 Å². The van der Waals surface area contributed by atoms with Gasteiger partial charge in [0.15, 0.2) is 18.1 Å². The Morgan fingerprint density at radius 2 is 1.72 bits per heavy atom.